The lowest BCUT2D eigenvalue weighted by molar-refractivity contribution is -0.136. The van der Waals surface area contributed by atoms with Crippen molar-refractivity contribution in [2.45, 2.75) is 97.9 Å². The molecule has 1 aromatic carbocycles. The van der Waals surface area contributed by atoms with Gasteiger partial charge in [0, 0.05) is 36.0 Å². The number of aromatic nitrogens is 1. The SMILES string of the molecule is CCCCCCCCCCCC(=O)c1c(C)c(CC(=O)O)n(Cc2ccc(/C=C/C(=O)O)cc2)c1C. The van der Waals surface area contributed by atoms with E-state index < -0.39 is 11.9 Å². The van der Waals surface area contributed by atoms with Crippen LogP contribution in [0.2, 0.25) is 0 Å². The number of carboxylic acid groups (broad SMARTS) is 2. The molecule has 0 bridgehead atoms. The third-order valence-corrected chi connectivity index (χ3v) is 6.74. The van der Waals surface area contributed by atoms with Gasteiger partial charge in [0.15, 0.2) is 5.78 Å². The van der Waals surface area contributed by atoms with Crippen LogP contribution in [0.25, 0.3) is 6.08 Å². The van der Waals surface area contributed by atoms with Gasteiger partial charge in [-0.15, -0.1) is 0 Å². The molecule has 2 N–H and O–H groups in total. The molecule has 0 unspecified atom stereocenters. The second kappa shape index (κ2) is 15.1. The number of rotatable bonds is 17. The maximum Gasteiger partial charge on any atom is 0.328 e. The number of carbonyl (C=O) groups is 3. The van der Waals surface area contributed by atoms with Crippen molar-refractivity contribution in [2.75, 3.05) is 0 Å². The van der Waals surface area contributed by atoms with Gasteiger partial charge in [-0.2, -0.15) is 0 Å². The minimum absolute atomic E-state index is 0.0903. The summed E-state index contributed by atoms with van der Waals surface area (Å²) in [6, 6.07) is 7.44. The number of nitrogens with zero attached hydrogens (tertiary/aromatic N) is 1. The van der Waals surface area contributed by atoms with Crippen molar-refractivity contribution >= 4 is 23.8 Å². The van der Waals surface area contributed by atoms with E-state index in [4.69, 9.17) is 5.11 Å². The van der Waals surface area contributed by atoms with Gasteiger partial charge in [0.2, 0.25) is 0 Å². The van der Waals surface area contributed by atoms with Crippen molar-refractivity contribution in [2.24, 2.45) is 0 Å². The number of unbranched alkanes of at least 4 members (excludes halogenated alkanes) is 8. The van der Waals surface area contributed by atoms with E-state index in [0.29, 0.717) is 24.2 Å². The Morgan fingerprint density at radius 1 is 0.861 bits per heavy atom. The van der Waals surface area contributed by atoms with Crippen molar-refractivity contribution in [1.82, 2.24) is 4.57 Å². The van der Waals surface area contributed by atoms with E-state index in [9.17, 15) is 19.5 Å². The van der Waals surface area contributed by atoms with Crippen molar-refractivity contribution in [1.29, 1.82) is 0 Å². The predicted molar refractivity (Wildman–Crippen MR) is 144 cm³/mol. The predicted octanol–water partition coefficient (Wildman–Crippen LogP) is 6.98. The lowest BCUT2D eigenvalue weighted by atomic mass is 9.99. The standard InChI is InChI=1S/C30H41NO5/c1-4-5-6-7-8-9-10-11-12-13-27(32)30-22(2)26(20-29(35)36)31(23(30)3)21-25-16-14-24(15-17-25)18-19-28(33)34/h14-19H,4-13,20-21H2,1-3H3,(H,33,34)(H,35,36)/b19-18+. The van der Waals surface area contributed by atoms with E-state index in [2.05, 4.69) is 6.92 Å². The topological polar surface area (TPSA) is 96.6 Å². The Bertz CT molecular complexity index is 1050. The van der Waals surface area contributed by atoms with Crippen molar-refractivity contribution in [3.63, 3.8) is 0 Å². The van der Waals surface area contributed by atoms with Crippen molar-refractivity contribution < 1.29 is 24.6 Å². The van der Waals surface area contributed by atoms with E-state index in [-0.39, 0.29) is 12.2 Å². The molecule has 0 radical (unpaired) electrons. The zero-order chi connectivity index (χ0) is 26.5. The van der Waals surface area contributed by atoms with Crippen molar-refractivity contribution in [3.05, 3.63) is 64.0 Å². The molecule has 0 amide bonds. The fourth-order valence-corrected chi connectivity index (χ4v) is 4.76. The first-order valence-corrected chi connectivity index (χ1v) is 13.2. The molecule has 0 saturated heterocycles. The monoisotopic (exact) mass is 495 g/mol. The minimum Gasteiger partial charge on any atom is -0.481 e. The highest BCUT2D eigenvalue weighted by atomic mass is 16.4. The summed E-state index contributed by atoms with van der Waals surface area (Å²) in [6.07, 6.45) is 13.7. The average molecular weight is 496 g/mol. The van der Waals surface area contributed by atoms with Crippen LogP contribution in [0, 0.1) is 13.8 Å². The summed E-state index contributed by atoms with van der Waals surface area (Å²) in [5, 5.41) is 18.3. The fraction of sp³-hybridized carbons (Fsp3) is 0.500. The Balaban J connectivity index is 2.07. The van der Waals surface area contributed by atoms with Crippen LogP contribution in [0.5, 0.6) is 0 Å². The van der Waals surface area contributed by atoms with Gasteiger partial charge in [-0.3, -0.25) is 9.59 Å². The quantitative estimate of drug-likeness (QED) is 0.140. The summed E-state index contributed by atoms with van der Waals surface area (Å²) in [5.74, 6) is -1.84. The Morgan fingerprint density at radius 3 is 2.00 bits per heavy atom. The first-order valence-electron chi connectivity index (χ1n) is 13.2. The molecule has 0 aliphatic heterocycles. The average Bonchev–Trinajstić information content (AvgIpc) is 3.06. The van der Waals surface area contributed by atoms with Gasteiger partial charge in [-0.1, -0.05) is 82.6 Å². The fourth-order valence-electron chi connectivity index (χ4n) is 4.76. The molecule has 1 aromatic heterocycles. The molecule has 0 fully saturated rings. The second-order valence-electron chi connectivity index (χ2n) is 9.60. The molecule has 2 rings (SSSR count). The summed E-state index contributed by atoms with van der Waals surface area (Å²) in [6.45, 7) is 6.42. The van der Waals surface area contributed by atoms with Crippen LogP contribution in [0.15, 0.2) is 30.3 Å². The number of ketones is 1. The van der Waals surface area contributed by atoms with Gasteiger partial charge in [-0.05, 0) is 43.0 Å². The van der Waals surface area contributed by atoms with Gasteiger partial charge in [0.1, 0.15) is 0 Å². The van der Waals surface area contributed by atoms with Crippen molar-refractivity contribution in [3.8, 4) is 0 Å². The highest BCUT2D eigenvalue weighted by molar-refractivity contribution is 5.99. The molecule has 0 spiro atoms. The number of carboxylic acids is 2. The van der Waals surface area contributed by atoms with Crippen LogP contribution in [0.3, 0.4) is 0 Å². The first-order chi connectivity index (χ1) is 17.2. The van der Waals surface area contributed by atoms with E-state index >= 15 is 0 Å². The molecule has 1 heterocycles. The van der Waals surface area contributed by atoms with E-state index in [0.717, 1.165) is 47.7 Å². The molecule has 0 saturated carbocycles. The molecule has 0 atom stereocenters. The number of aliphatic carboxylic acids is 2. The Kier molecular flexibility index (Phi) is 12.2. The number of hydrogen-bond acceptors (Lipinski definition) is 3. The Hall–Kier alpha value is -3.15. The maximum atomic E-state index is 13.2. The van der Waals surface area contributed by atoms with Gasteiger partial charge in [0.05, 0.1) is 6.42 Å². The van der Waals surface area contributed by atoms with Crippen LogP contribution in [-0.4, -0.2) is 32.5 Å². The van der Waals surface area contributed by atoms with Gasteiger partial charge >= 0.3 is 11.9 Å². The minimum atomic E-state index is -1.00. The Labute approximate surface area is 215 Å². The van der Waals surface area contributed by atoms with Gasteiger partial charge in [-0.25, -0.2) is 4.79 Å². The molecule has 2 aromatic rings. The first kappa shape index (κ1) is 29.1. The van der Waals surface area contributed by atoms with E-state index in [1.54, 1.807) is 0 Å². The van der Waals surface area contributed by atoms with E-state index in [1.807, 2.05) is 42.7 Å². The number of carbonyl (C=O) groups excluding carboxylic acids is 1. The molecule has 6 heteroatoms. The summed E-state index contributed by atoms with van der Waals surface area (Å²) in [7, 11) is 0. The molecule has 36 heavy (non-hydrogen) atoms. The Morgan fingerprint density at radius 2 is 1.44 bits per heavy atom. The molecule has 0 aliphatic carbocycles. The lowest BCUT2D eigenvalue weighted by Gasteiger charge is -2.12. The summed E-state index contributed by atoms with van der Waals surface area (Å²) < 4.78 is 1.94. The van der Waals surface area contributed by atoms with Crippen LogP contribution >= 0.6 is 0 Å². The maximum absolute atomic E-state index is 13.2. The lowest BCUT2D eigenvalue weighted by Crippen LogP contribution is -2.11. The molecule has 0 aliphatic rings. The zero-order valence-electron chi connectivity index (χ0n) is 22.0. The van der Waals surface area contributed by atoms with Crippen LogP contribution < -0.4 is 0 Å². The van der Waals surface area contributed by atoms with Gasteiger partial charge < -0.3 is 14.8 Å². The zero-order valence-corrected chi connectivity index (χ0v) is 22.0. The highest BCUT2D eigenvalue weighted by Gasteiger charge is 2.23. The summed E-state index contributed by atoms with van der Waals surface area (Å²) >= 11 is 0. The largest absolute Gasteiger partial charge is 0.481 e. The third kappa shape index (κ3) is 9.14. The molecule has 196 valence electrons. The van der Waals surface area contributed by atoms with E-state index in [1.165, 1.54) is 44.6 Å². The van der Waals surface area contributed by atoms with Gasteiger partial charge in [0.25, 0.3) is 0 Å². The molecular formula is C30H41NO5. The third-order valence-electron chi connectivity index (χ3n) is 6.74. The normalized spacial score (nSPS) is 11.3. The highest BCUT2D eigenvalue weighted by Crippen LogP contribution is 2.26. The summed E-state index contributed by atoms with van der Waals surface area (Å²) in [5.41, 5.74) is 4.60. The number of Topliss-reactive ketones (excluding diaryl/α,β-unsaturated/α-hetero) is 1. The second-order valence-corrected chi connectivity index (χ2v) is 9.60. The molecule has 6 nitrogen and oxygen atoms in total. The summed E-state index contributed by atoms with van der Waals surface area (Å²) in [4.78, 5) is 35.5. The number of hydrogen-bond donors (Lipinski definition) is 2. The number of benzene rings is 1. The van der Waals surface area contributed by atoms with Crippen LogP contribution in [-0.2, 0) is 22.6 Å². The smallest absolute Gasteiger partial charge is 0.328 e. The molecular weight excluding hydrogens is 454 g/mol. The van der Waals surface area contributed by atoms with Crippen LogP contribution in [0.4, 0.5) is 0 Å². The van der Waals surface area contributed by atoms with Crippen LogP contribution in [0.1, 0.15) is 110 Å².